The zero-order chi connectivity index (χ0) is 13.8. The highest BCUT2D eigenvalue weighted by molar-refractivity contribution is 7.09. The van der Waals surface area contributed by atoms with Crippen molar-refractivity contribution in [3.8, 4) is 11.4 Å². The van der Waals surface area contributed by atoms with Crippen molar-refractivity contribution in [2.24, 2.45) is 5.92 Å². The van der Waals surface area contributed by atoms with Gasteiger partial charge in [-0.2, -0.15) is 9.36 Å². The highest BCUT2D eigenvalue weighted by atomic mass is 32.1. The summed E-state index contributed by atoms with van der Waals surface area (Å²) in [6, 6.07) is 6.33. The van der Waals surface area contributed by atoms with E-state index in [-0.39, 0.29) is 5.69 Å². The lowest BCUT2D eigenvalue weighted by molar-refractivity contribution is -0.384. The molecule has 1 heterocycles. The topological polar surface area (TPSA) is 81.0 Å². The lowest BCUT2D eigenvalue weighted by Gasteiger charge is -2.03. The van der Waals surface area contributed by atoms with Gasteiger partial charge in [0.05, 0.1) is 4.92 Å². The molecule has 0 aliphatic carbocycles. The number of hydrogen-bond donors (Lipinski definition) is 1. The molecule has 0 saturated heterocycles. The Morgan fingerprint density at radius 2 is 2.26 bits per heavy atom. The van der Waals surface area contributed by atoms with Crippen molar-refractivity contribution in [2.45, 2.75) is 13.8 Å². The molecular weight excluding hydrogens is 264 g/mol. The van der Waals surface area contributed by atoms with Gasteiger partial charge in [-0.05, 0) is 5.92 Å². The van der Waals surface area contributed by atoms with E-state index in [0.29, 0.717) is 17.3 Å². The lowest BCUT2D eigenvalue weighted by Crippen LogP contribution is -2.07. The number of nitro benzene ring substituents is 1. The van der Waals surface area contributed by atoms with Crippen molar-refractivity contribution >= 4 is 22.4 Å². The van der Waals surface area contributed by atoms with E-state index in [4.69, 9.17) is 0 Å². The molecule has 19 heavy (non-hydrogen) atoms. The molecule has 0 radical (unpaired) electrons. The Balaban J connectivity index is 2.18. The van der Waals surface area contributed by atoms with Crippen LogP contribution in [0.15, 0.2) is 24.3 Å². The first-order valence-corrected chi connectivity index (χ1v) is 6.66. The van der Waals surface area contributed by atoms with Crippen LogP contribution in [0.2, 0.25) is 0 Å². The molecule has 0 aliphatic heterocycles. The summed E-state index contributed by atoms with van der Waals surface area (Å²) in [5, 5.41) is 14.6. The normalized spacial score (nSPS) is 10.7. The molecule has 0 spiro atoms. The SMILES string of the molecule is CC(C)CNc1nc(-c2cccc([N+](=O)[O-])c2)ns1. The minimum Gasteiger partial charge on any atom is -0.360 e. The van der Waals surface area contributed by atoms with Gasteiger partial charge >= 0.3 is 0 Å². The fourth-order valence-corrected chi connectivity index (χ4v) is 2.06. The minimum absolute atomic E-state index is 0.0454. The number of rotatable bonds is 5. The molecule has 2 rings (SSSR count). The zero-order valence-corrected chi connectivity index (χ0v) is 11.5. The Kier molecular flexibility index (Phi) is 4.06. The van der Waals surface area contributed by atoms with Gasteiger partial charge in [0.15, 0.2) is 5.82 Å². The van der Waals surface area contributed by atoms with Crippen molar-refractivity contribution in [2.75, 3.05) is 11.9 Å². The standard InChI is InChI=1S/C12H14N4O2S/c1-8(2)7-13-12-14-11(15-19-12)9-4-3-5-10(6-9)16(17)18/h3-6,8H,7H2,1-2H3,(H,13,14,15). The Morgan fingerprint density at radius 3 is 2.95 bits per heavy atom. The Labute approximate surface area is 114 Å². The van der Waals surface area contributed by atoms with Gasteiger partial charge in [-0.3, -0.25) is 10.1 Å². The van der Waals surface area contributed by atoms with Gasteiger partial charge in [-0.15, -0.1) is 0 Å². The Hall–Kier alpha value is -2.02. The summed E-state index contributed by atoms with van der Waals surface area (Å²) in [4.78, 5) is 14.6. The number of nitrogens with one attached hydrogen (secondary N) is 1. The highest BCUT2D eigenvalue weighted by Gasteiger charge is 2.11. The number of anilines is 1. The molecule has 0 aliphatic rings. The monoisotopic (exact) mass is 278 g/mol. The van der Waals surface area contributed by atoms with Crippen molar-refractivity contribution < 1.29 is 4.92 Å². The summed E-state index contributed by atoms with van der Waals surface area (Å²) < 4.78 is 4.21. The molecule has 6 nitrogen and oxygen atoms in total. The molecule has 0 fully saturated rings. The van der Waals surface area contributed by atoms with Gasteiger partial charge in [-0.1, -0.05) is 26.0 Å². The van der Waals surface area contributed by atoms with Gasteiger partial charge in [0.2, 0.25) is 5.13 Å². The van der Waals surface area contributed by atoms with Gasteiger partial charge in [0, 0.05) is 35.8 Å². The minimum atomic E-state index is -0.423. The fraction of sp³-hybridized carbons (Fsp3) is 0.333. The van der Waals surface area contributed by atoms with E-state index < -0.39 is 4.92 Å². The van der Waals surface area contributed by atoms with Gasteiger partial charge < -0.3 is 5.32 Å². The van der Waals surface area contributed by atoms with Gasteiger partial charge in [0.25, 0.3) is 5.69 Å². The molecule has 0 saturated carbocycles. The molecular formula is C12H14N4O2S. The Bertz CT molecular complexity index is 583. The first-order chi connectivity index (χ1) is 9.06. The summed E-state index contributed by atoms with van der Waals surface area (Å²) in [5.41, 5.74) is 0.701. The van der Waals surface area contributed by atoms with Crippen LogP contribution in [0.25, 0.3) is 11.4 Å². The number of benzene rings is 1. The van der Waals surface area contributed by atoms with Crippen LogP contribution in [0.1, 0.15) is 13.8 Å². The van der Waals surface area contributed by atoms with Crippen LogP contribution in [-0.2, 0) is 0 Å². The molecule has 1 aromatic heterocycles. The average Bonchev–Trinajstić information content (AvgIpc) is 2.85. The second kappa shape index (κ2) is 5.75. The largest absolute Gasteiger partial charge is 0.360 e. The summed E-state index contributed by atoms with van der Waals surface area (Å²) >= 11 is 1.26. The average molecular weight is 278 g/mol. The number of nitrogens with zero attached hydrogens (tertiary/aromatic N) is 3. The highest BCUT2D eigenvalue weighted by Crippen LogP contribution is 2.24. The second-order valence-corrected chi connectivity index (χ2v) is 5.26. The van der Waals surface area contributed by atoms with E-state index in [1.165, 1.54) is 23.7 Å². The van der Waals surface area contributed by atoms with Crippen LogP contribution < -0.4 is 5.32 Å². The van der Waals surface area contributed by atoms with Crippen LogP contribution in [0.3, 0.4) is 0 Å². The molecule has 2 aromatic rings. The van der Waals surface area contributed by atoms with Crippen LogP contribution in [-0.4, -0.2) is 20.8 Å². The number of non-ortho nitro benzene ring substituents is 1. The lowest BCUT2D eigenvalue weighted by atomic mass is 10.2. The van der Waals surface area contributed by atoms with E-state index in [2.05, 4.69) is 28.5 Å². The van der Waals surface area contributed by atoms with E-state index in [9.17, 15) is 10.1 Å². The van der Waals surface area contributed by atoms with Gasteiger partial charge in [-0.25, -0.2) is 0 Å². The number of aromatic nitrogens is 2. The van der Waals surface area contributed by atoms with E-state index >= 15 is 0 Å². The summed E-state index contributed by atoms with van der Waals surface area (Å²) in [6.45, 7) is 5.04. The van der Waals surface area contributed by atoms with E-state index in [0.717, 1.165) is 11.7 Å². The van der Waals surface area contributed by atoms with Crippen molar-refractivity contribution in [1.29, 1.82) is 0 Å². The number of nitro groups is 1. The third kappa shape index (κ3) is 3.47. The molecule has 0 bridgehead atoms. The zero-order valence-electron chi connectivity index (χ0n) is 10.7. The second-order valence-electron chi connectivity index (χ2n) is 4.51. The molecule has 0 atom stereocenters. The molecule has 100 valence electrons. The molecule has 1 aromatic carbocycles. The van der Waals surface area contributed by atoms with Crippen LogP contribution in [0.4, 0.5) is 10.8 Å². The van der Waals surface area contributed by atoms with Crippen LogP contribution >= 0.6 is 11.5 Å². The van der Waals surface area contributed by atoms with Crippen LogP contribution in [0.5, 0.6) is 0 Å². The van der Waals surface area contributed by atoms with E-state index in [1.807, 2.05) is 0 Å². The van der Waals surface area contributed by atoms with E-state index in [1.54, 1.807) is 12.1 Å². The van der Waals surface area contributed by atoms with Gasteiger partial charge in [0.1, 0.15) is 0 Å². The molecule has 0 amide bonds. The predicted octanol–water partition coefficient (Wildman–Crippen LogP) is 3.18. The van der Waals surface area contributed by atoms with Crippen LogP contribution in [0, 0.1) is 16.0 Å². The number of hydrogen-bond acceptors (Lipinski definition) is 6. The molecule has 0 unspecified atom stereocenters. The summed E-state index contributed by atoms with van der Waals surface area (Å²) in [6.07, 6.45) is 0. The first kappa shape index (κ1) is 13.4. The maximum Gasteiger partial charge on any atom is 0.270 e. The maximum absolute atomic E-state index is 10.7. The third-order valence-electron chi connectivity index (χ3n) is 2.40. The molecule has 1 N–H and O–H groups in total. The summed E-state index contributed by atoms with van der Waals surface area (Å²) in [7, 11) is 0. The quantitative estimate of drug-likeness (QED) is 0.671. The first-order valence-electron chi connectivity index (χ1n) is 5.88. The van der Waals surface area contributed by atoms with Crippen molar-refractivity contribution in [1.82, 2.24) is 9.36 Å². The fourth-order valence-electron chi connectivity index (χ4n) is 1.46. The maximum atomic E-state index is 10.7. The smallest absolute Gasteiger partial charge is 0.270 e. The third-order valence-corrected chi connectivity index (χ3v) is 3.08. The summed E-state index contributed by atoms with van der Waals surface area (Å²) in [5.74, 6) is 1.03. The van der Waals surface area contributed by atoms with Crippen molar-refractivity contribution in [3.63, 3.8) is 0 Å². The predicted molar refractivity (Wildman–Crippen MR) is 75.3 cm³/mol. The molecule has 7 heteroatoms. The Morgan fingerprint density at radius 1 is 1.47 bits per heavy atom. The van der Waals surface area contributed by atoms with Crippen molar-refractivity contribution in [3.05, 3.63) is 34.4 Å².